The van der Waals surface area contributed by atoms with Gasteiger partial charge in [0.2, 0.25) is 0 Å². The molecular weight excluding hydrogens is 188 g/mol. The summed E-state index contributed by atoms with van der Waals surface area (Å²) in [6.07, 6.45) is 7.72. The van der Waals surface area contributed by atoms with Crippen molar-refractivity contribution in [2.75, 3.05) is 6.61 Å². The summed E-state index contributed by atoms with van der Waals surface area (Å²) >= 11 is 0. The Hall–Kier alpha value is -0.500. The van der Waals surface area contributed by atoms with Gasteiger partial charge in [0.1, 0.15) is 0 Å². The Morgan fingerprint density at radius 3 is 2.73 bits per heavy atom. The predicted octanol–water partition coefficient (Wildman–Crippen LogP) is 3.27. The van der Waals surface area contributed by atoms with E-state index in [9.17, 15) is 0 Å². The van der Waals surface area contributed by atoms with E-state index in [1.807, 2.05) is 6.26 Å². The van der Waals surface area contributed by atoms with E-state index < -0.39 is 0 Å². The van der Waals surface area contributed by atoms with Gasteiger partial charge in [0.05, 0.1) is 25.1 Å². The molecule has 0 radical (unpaired) electrons. The van der Waals surface area contributed by atoms with Gasteiger partial charge in [-0.25, -0.2) is 0 Å². The highest BCUT2D eigenvalue weighted by atomic mass is 16.5. The normalized spacial score (nSPS) is 38.1. The molecule has 2 saturated heterocycles. The molecule has 3 unspecified atom stereocenters. The van der Waals surface area contributed by atoms with Gasteiger partial charge in [-0.3, -0.25) is 0 Å². The van der Waals surface area contributed by atoms with Crippen LogP contribution in [-0.2, 0) is 9.47 Å². The van der Waals surface area contributed by atoms with Gasteiger partial charge in [-0.2, -0.15) is 0 Å². The lowest BCUT2D eigenvalue weighted by Crippen LogP contribution is -2.36. The Bertz CT molecular complexity index is 255. The Kier molecular flexibility index (Phi) is 3.06. The van der Waals surface area contributed by atoms with Crippen molar-refractivity contribution in [2.24, 2.45) is 5.41 Å². The molecule has 0 spiro atoms. The summed E-state index contributed by atoms with van der Waals surface area (Å²) in [6, 6.07) is 0. The molecule has 0 amide bonds. The molecule has 2 heterocycles. The molecule has 86 valence electrons. The minimum Gasteiger partial charge on any atom is -0.501 e. The van der Waals surface area contributed by atoms with Gasteiger partial charge < -0.3 is 9.47 Å². The number of rotatable bonds is 4. The molecule has 0 aromatic carbocycles. The zero-order valence-corrected chi connectivity index (χ0v) is 10.1. The predicted molar refractivity (Wildman–Crippen MR) is 60.6 cm³/mol. The zero-order chi connectivity index (χ0) is 10.9. The average Bonchev–Trinajstić information content (AvgIpc) is 2.77. The van der Waals surface area contributed by atoms with Crippen LogP contribution in [-0.4, -0.2) is 18.8 Å². The van der Waals surface area contributed by atoms with E-state index in [1.165, 1.54) is 31.3 Å². The first-order chi connectivity index (χ1) is 7.16. The van der Waals surface area contributed by atoms with Crippen LogP contribution in [0.3, 0.4) is 0 Å². The lowest BCUT2D eigenvalue weighted by Gasteiger charge is -2.33. The van der Waals surface area contributed by atoms with Crippen LogP contribution in [0, 0.1) is 5.41 Å². The van der Waals surface area contributed by atoms with Gasteiger partial charge >= 0.3 is 0 Å². The van der Waals surface area contributed by atoms with Gasteiger partial charge in [-0.15, -0.1) is 0 Å². The van der Waals surface area contributed by atoms with Crippen molar-refractivity contribution in [3.63, 3.8) is 0 Å². The molecular formula is C13H22O2. The molecule has 0 aromatic rings. The average molecular weight is 210 g/mol. The van der Waals surface area contributed by atoms with Crippen LogP contribution in [0.25, 0.3) is 0 Å². The third-order valence-corrected chi connectivity index (χ3v) is 3.82. The highest BCUT2D eigenvalue weighted by Gasteiger charge is 2.51. The minimum absolute atomic E-state index is 0.300. The SMILES string of the molecule is CCC1(COC=C(C)C)CC2CCC1O2. The summed E-state index contributed by atoms with van der Waals surface area (Å²) in [6.45, 7) is 7.22. The van der Waals surface area contributed by atoms with Crippen molar-refractivity contribution in [3.05, 3.63) is 11.8 Å². The summed E-state index contributed by atoms with van der Waals surface area (Å²) in [5, 5.41) is 0. The first kappa shape index (κ1) is 11.0. The summed E-state index contributed by atoms with van der Waals surface area (Å²) < 4.78 is 11.6. The first-order valence-corrected chi connectivity index (χ1v) is 6.07. The number of hydrogen-bond donors (Lipinski definition) is 0. The second kappa shape index (κ2) is 4.17. The van der Waals surface area contributed by atoms with E-state index in [4.69, 9.17) is 9.47 Å². The molecule has 15 heavy (non-hydrogen) atoms. The van der Waals surface area contributed by atoms with Crippen LogP contribution in [0.2, 0.25) is 0 Å². The Morgan fingerprint density at radius 2 is 2.27 bits per heavy atom. The molecule has 0 saturated carbocycles. The topological polar surface area (TPSA) is 18.5 Å². The minimum atomic E-state index is 0.300. The molecule has 0 aliphatic carbocycles. The fourth-order valence-electron chi connectivity index (χ4n) is 2.89. The van der Waals surface area contributed by atoms with Crippen LogP contribution in [0.1, 0.15) is 46.5 Å². The first-order valence-electron chi connectivity index (χ1n) is 6.07. The van der Waals surface area contributed by atoms with Gasteiger partial charge in [-0.05, 0) is 45.1 Å². The third kappa shape index (κ3) is 2.05. The number of allylic oxidation sites excluding steroid dienone is 1. The van der Waals surface area contributed by atoms with Crippen molar-refractivity contribution >= 4 is 0 Å². The number of ether oxygens (including phenoxy) is 2. The van der Waals surface area contributed by atoms with Crippen molar-refractivity contribution in [1.29, 1.82) is 0 Å². The van der Waals surface area contributed by atoms with E-state index in [-0.39, 0.29) is 0 Å². The molecule has 2 rings (SSSR count). The maximum absolute atomic E-state index is 5.94. The van der Waals surface area contributed by atoms with Crippen LogP contribution in [0.5, 0.6) is 0 Å². The number of fused-ring (bicyclic) bond motifs is 2. The van der Waals surface area contributed by atoms with Crippen LogP contribution < -0.4 is 0 Å². The Morgan fingerprint density at radius 1 is 1.47 bits per heavy atom. The largest absolute Gasteiger partial charge is 0.501 e. The second-order valence-electron chi connectivity index (χ2n) is 5.25. The maximum atomic E-state index is 5.94. The van der Waals surface area contributed by atoms with Crippen molar-refractivity contribution in [3.8, 4) is 0 Å². The van der Waals surface area contributed by atoms with E-state index in [1.54, 1.807) is 0 Å². The van der Waals surface area contributed by atoms with E-state index in [0.29, 0.717) is 17.6 Å². The molecule has 2 aliphatic rings. The van der Waals surface area contributed by atoms with Crippen molar-refractivity contribution < 1.29 is 9.47 Å². The molecule has 2 bridgehead atoms. The van der Waals surface area contributed by atoms with Crippen molar-refractivity contribution in [1.82, 2.24) is 0 Å². The summed E-state index contributed by atoms with van der Waals surface area (Å²) in [5.74, 6) is 0. The molecule has 0 aromatic heterocycles. The van der Waals surface area contributed by atoms with Crippen LogP contribution in [0.4, 0.5) is 0 Å². The standard InChI is InChI=1S/C13H22O2/c1-4-13(9-14-8-10(2)3)7-11-5-6-12(13)15-11/h8,11-12H,4-7,9H2,1-3H3. The van der Waals surface area contributed by atoms with Crippen LogP contribution >= 0.6 is 0 Å². The van der Waals surface area contributed by atoms with E-state index >= 15 is 0 Å². The molecule has 0 N–H and O–H groups in total. The molecule has 2 heteroatoms. The summed E-state index contributed by atoms with van der Waals surface area (Å²) in [5.41, 5.74) is 1.53. The van der Waals surface area contributed by atoms with E-state index in [0.717, 1.165) is 6.61 Å². The van der Waals surface area contributed by atoms with Gasteiger partial charge in [0.15, 0.2) is 0 Å². The smallest absolute Gasteiger partial charge is 0.0955 e. The Balaban J connectivity index is 1.95. The van der Waals surface area contributed by atoms with Gasteiger partial charge in [-0.1, -0.05) is 6.92 Å². The highest BCUT2D eigenvalue weighted by molar-refractivity contribution is 5.00. The second-order valence-corrected chi connectivity index (χ2v) is 5.25. The molecule has 3 atom stereocenters. The highest BCUT2D eigenvalue weighted by Crippen LogP contribution is 2.49. The zero-order valence-electron chi connectivity index (χ0n) is 10.1. The van der Waals surface area contributed by atoms with Crippen LogP contribution in [0.15, 0.2) is 11.8 Å². The lowest BCUT2D eigenvalue weighted by molar-refractivity contribution is 0.0184. The fraction of sp³-hybridized carbons (Fsp3) is 0.846. The molecule has 2 aliphatic heterocycles. The maximum Gasteiger partial charge on any atom is 0.0955 e. The quantitative estimate of drug-likeness (QED) is 0.663. The summed E-state index contributed by atoms with van der Waals surface area (Å²) in [4.78, 5) is 0. The van der Waals surface area contributed by atoms with Gasteiger partial charge in [0, 0.05) is 5.41 Å². The fourth-order valence-corrected chi connectivity index (χ4v) is 2.89. The Labute approximate surface area is 92.6 Å². The lowest BCUT2D eigenvalue weighted by atomic mass is 9.73. The third-order valence-electron chi connectivity index (χ3n) is 3.82. The van der Waals surface area contributed by atoms with E-state index in [2.05, 4.69) is 20.8 Å². The number of hydrogen-bond acceptors (Lipinski definition) is 2. The van der Waals surface area contributed by atoms with Gasteiger partial charge in [0.25, 0.3) is 0 Å². The van der Waals surface area contributed by atoms with Crippen molar-refractivity contribution in [2.45, 2.75) is 58.7 Å². The molecule has 2 nitrogen and oxygen atoms in total. The molecule has 2 fully saturated rings. The monoisotopic (exact) mass is 210 g/mol. The summed E-state index contributed by atoms with van der Waals surface area (Å²) in [7, 11) is 0.